The van der Waals surface area contributed by atoms with Gasteiger partial charge >= 0.3 is 0 Å². The molecule has 72 valence electrons. The average Bonchev–Trinajstić information content (AvgIpc) is 2.18. The minimum absolute atomic E-state index is 0.0782. The Labute approximate surface area is 91.4 Å². The van der Waals surface area contributed by atoms with Crippen molar-refractivity contribution in [3.8, 4) is 12.3 Å². The summed E-state index contributed by atoms with van der Waals surface area (Å²) in [6.45, 7) is 0.128. The second-order valence-corrected chi connectivity index (χ2v) is 3.15. The first-order valence-corrected chi connectivity index (χ1v) is 4.44. The van der Waals surface area contributed by atoms with E-state index in [1.807, 2.05) is 0 Å². The highest BCUT2D eigenvalue weighted by atomic mass is 35.5. The van der Waals surface area contributed by atoms with Crippen LogP contribution in [-0.4, -0.2) is 17.4 Å². The summed E-state index contributed by atoms with van der Waals surface area (Å²) in [6.07, 6.45) is 4.98. The third-order valence-corrected chi connectivity index (χ3v) is 1.89. The fourth-order valence-electron chi connectivity index (χ4n) is 0.793. The average molecular weight is 229 g/mol. The summed E-state index contributed by atoms with van der Waals surface area (Å²) >= 11 is 11.3. The Bertz CT molecular complexity index is 398. The molecule has 5 heteroatoms. The first kappa shape index (κ1) is 10.8. The Balaban J connectivity index is 2.90. The number of aromatic nitrogens is 1. The topological polar surface area (TPSA) is 42.0 Å². The minimum atomic E-state index is -0.435. The fraction of sp³-hybridized carbons (Fsp3) is 0.111. The molecule has 0 saturated carbocycles. The zero-order chi connectivity index (χ0) is 10.6. The van der Waals surface area contributed by atoms with Crippen LogP contribution in [-0.2, 0) is 0 Å². The molecule has 0 spiro atoms. The van der Waals surface area contributed by atoms with Crippen molar-refractivity contribution in [1.82, 2.24) is 10.3 Å². The monoisotopic (exact) mass is 228 g/mol. The fourth-order valence-corrected chi connectivity index (χ4v) is 1.13. The Hall–Kier alpha value is -1.24. The number of pyridine rings is 1. The maximum Gasteiger partial charge on any atom is 0.272 e. The lowest BCUT2D eigenvalue weighted by atomic mass is 10.3. The van der Waals surface area contributed by atoms with Crippen LogP contribution in [0.5, 0.6) is 0 Å². The summed E-state index contributed by atoms with van der Waals surface area (Å²) in [5.74, 6) is 1.83. The normalized spacial score (nSPS) is 9.21. The van der Waals surface area contributed by atoms with Gasteiger partial charge in [-0.3, -0.25) is 4.79 Å². The molecule has 0 aliphatic heterocycles. The van der Waals surface area contributed by atoms with Gasteiger partial charge in [-0.05, 0) is 12.1 Å². The number of hydrogen-bond donors (Lipinski definition) is 1. The highest BCUT2D eigenvalue weighted by molar-refractivity contribution is 6.34. The Morgan fingerprint density at radius 2 is 2.29 bits per heavy atom. The first-order chi connectivity index (χ1) is 6.65. The number of rotatable bonds is 2. The molecule has 1 N–H and O–H groups in total. The summed E-state index contributed by atoms with van der Waals surface area (Å²) in [4.78, 5) is 15.1. The van der Waals surface area contributed by atoms with Gasteiger partial charge in [0.05, 0.1) is 11.6 Å². The second kappa shape index (κ2) is 4.85. The summed E-state index contributed by atoms with van der Waals surface area (Å²) in [7, 11) is 0. The number of amides is 1. The molecular weight excluding hydrogens is 223 g/mol. The molecule has 1 aromatic heterocycles. The SMILES string of the molecule is C#CCNC(=O)c1nc(Cl)ccc1Cl. The molecule has 3 nitrogen and oxygen atoms in total. The zero-order valence-electron chi connectivity index (χ0n) is 7.05. The number of halogens is 2. The van der Waals surface area contributed by atoms with Gasteiger partial charge in [-0.2, -0.15) is 0 Å². The molecule has 0 unspecified atom stereocenters. The maximum absolute atomic E-state index is 11.4. The van der Waals surface area contributed by atoms with Crippen LogP contribution in [0.15, 0.2) is 12.1 Å². The van der Waals surface area contributed by atoms with E-state index in [2.05, 4.69) is 16.2 Å². The van der Waals surface area contributed by atoms with Gasteiger partial charge in [0.2, 0.25) is 0 Å². The second-order valence-electron chi connectivity index (χ2n) is 2.35. The predicted octanol–water partition coefficient (Wildman–Crippen LogP) is 1.75. The van der Waals surface area contributed by atoms with Crippen molar-refractivity contribution < 1.29 is 4.79 Å². The number of nitrogens with zero attached hydrogens (tertiary/aromatic N) is 1. The number of carbonyl (C=O) groups excluding carboxylic acids is 1. The number of carbonyl (C=O) groups is 1. The quantitative estimate of drug-likeness (QED) is 0.620. The van der Waals surface area contributed by atoms with Gasteiger partial charge in [-0.25, -0.2) is 4.98 Å². The van der Waals surface area contributed by atoms with Gasteiger partial charge in [0.1, 0.15) is 10.8 Å². The third kappa shape index (κ3) is 2.63. The predicted molar refractivity (Wildman–Crippen MR) is 55.4 cm³/mol. The Morgan fingerprint density at radius 3 is 2.93 bits per heavy atom. The van der Waals surface area contributed by atoms with Crippen molar-refractivity contribution in [1.29, 1.82) is 0 Å². The molecule has 0 atom stereocenters. The number of nitrogens with one attached hydrogen (secondary N) is 1. The summed E-state index contributed by atoms with van der Waals surface area (Å²) in [5, 5.41) is 2.88. The lowest BCUT2D eigenvalue weighted by molar-refractivity contribution is 0.0954. The smallest absolute Gasteiger partial charge is 0.272 e. The maximum atomic E-state index is 11.4. The molecule has 0 aliphatic carbocycles. The van der Waals surface area contributed by atoms with Crippen molar-refractivity contribution >= 4 is 29.1 Å². The molecule has 0 saturated heterocycles. The summed E-state index contributed by atoms with van der Waals surface area (Å²) < 4.78 is 0. The van der Waals surface area contributed by atoms with Crippen molar-refractivity contribution in [3.63, 3.8) is 0 Å². The molecule has 0 aromatic carbocycles. The standard InChI is InChI=1S/C9H6Cl2N2O/c1-2-5-12-9(14)8-6(10)3-4-7(11)13-8/h1,3-4H,5H2,(H,12,14). The van der Waals surface area contributed by atoms with E-state index in [9.17, 15) is 4.79 Å². The number of terminal acetylenes is 1. The van der Waals surface area contributed by atoms with Crippen LogP contribution in [0.1, 0.15) is 10.5 Å². The minimum Gasteiger partial charge on any atom is -0.340 e. The summed E-state index contributed by atoms with van der Waals surface area (Å²) in [5.41, 5.74) is 0.0782. The summed E-state index contributed by atoms with van der Waals surface area (Å²) in [6, 6.07) is 3.00. The van der Waals surface area contributed by atoms with E-state index in [1.165, 1.54) is 12.1 Å². The highest BCUT2D eigenvalue weighted by Gasteiger charge is 2.11. The van der Waals surface area contributed by atoms with Crippen LogP contribution in [0.2, 0.25) is 10.2 Å². The molecule has 1 heterocycles. The van der Waals surface area contributed by atoms with E-state index >= 15 is 0 Å². The largest absolute Gasteiger partial charge is 0.340 e. The third-order valence-electron chi connectivity index (χ3n) is 1.38. The van der Waals surface area contributed by atoms with E-state index in [0.29, 0.717) is 0 Å². The molecule has 0 fully saturated rings. The van der Waals surface area contributed by atoms with Crippen molar-refractivity contribution in [2.75, 3.05) is 6.54 Å². The highest BCUT2D eigenvalue weighted by Crippen LogP contribution is 2.16. The Kier molecular flexibility index (Phi) is 3.75. The van der Waals surface area contributed by atoms with Crippen LogP contribution < -0.4 is 5.32 Å². The van der Waals surface area contributed by atoms with E-state index in [1.54, 1.807) is 0 Å². The van der Waals surface area contributed by atoms with Crippen LogP contribution in [0.25, 0.3) is 0 Å². The van der Waals surface area contributed by atoms with Crippen molar-refractivity contribution in [2.45, 2.75) is 0 Å². The molecule has 0 radical (unpaired) electrons. The lowest BCUT2D eigenvalue weighted by Crippen LogP contribution is -2.24. The van der Waals surface area contributed by atoms with Gasteiger partial charge < -0.3 is 5.32 Å². The van der Waals surface area contributed by atoms with E-state index in [0.717, 1.165) is 0 Å². The molecule has 14 heavy (non-hydrogen) atoms. The van der Waals surface area contributed by atoms with Gasteiger partial charge in [0.25, 0.3) is 5.91 Å². The van der Waals surface area contributed by atoms with Crippen LogP contribution in [0, 0.1) is 12.3 Å². The molecule has 1 aromatic rings. The van der Waals surface area contributed by atoms with Gasteiger partial charge in [-0.1, -0.05) is 29.1 Å². The molecule has 1 amide bonds. The van der Waals surface area contributed by atoms with E-state index in [-0.39, 0.29) is 22.4 Å². The number of hydrogen-bond acceptors (Lipinski definition) is 2. The van der Waals surface area contributed by atoms with Gasteiger partial charge in [0.15, 0.2) is 0 Å². The van der Waals surface area contributed by atoms with Crippen molar-refractivity contribution in [2.24, 2.45) is 0 Å². The first-order valence-electron chi connectivity index (χ1n) is 3.69. The molecular formula is C9H6Cl2N2O. The van der Waals surface area contributed by atoms with Crippen molar-refractivity contribution in [3.05, 3.63) is 28.0 Å². The van der Waals surface area contributed by atoms with Crippen LogP contribution in [0.4, 0.5) is 0 Å². The van der Waals surface area contributed by atoms with Crippen LogP contribution in [0.3, 0.4) is 0 Å². The Morgan fingerprint density at radius 1 is 1.57 bits per heavy atom. The van der Waals surface area contributed by atoms with Gasteiger partial charge in [0, 0.05) is 0 Å². The van der Waals surface area contributed by atoms with E-state index < -0.39 is 5.91 Å². The zero-order valence-corrected chi connectivity index (χ0v) is 8.56. The van der Waals surface area contributed by atoms with Crippen LogP contribution >= 0.6 is 23.2 Å². The molecule has 0 bridgehead atoms. The van der Waals surface area contributed by atoms with E-state index in [4.69, 9.17) is 29.6 Å². The van der Waals surface area contributed by atoms with Gasteiger partial charge in [-0.15, -0.1) is 6.42 Å². The lowest BCUT2D eigenvalue weighted by Gasteiger charge is -2.02. The molecule has 1 rings (SSSR count). The molecule has 0 aliphatic rings.